The third-order valence-corrected chi connectivity index (χ3v) is 2.88. The van der Waals surface area contributed by atoms with Crippen molar-refractivity contribution in [2.45, 2.75) is 45.6 Å². The lowest BCUT2D eigenvalue weighted by molar-refractivity contribution is -0.137. The molecule has 0 fully saturated rings. The number of amides is 2. The van der Waals surface area contributed by atoms with Gasteiger partial charge >= 0.3 is 12.0 Å². The summed E-state index contributed by atoms with van der Waals surface area (Å²) in [7, 11) is 1.78. The van der Waals surface area contributed by atoms with Gasteiger partial charge in [-0.05, 0) is 12.8 Å². The van der Waals surface area contributed by atoms with Crippen molar-refractivity contribution in [3.8, 4) is 0 Å². The van der Waals surface area contributed by atoms with Gasteiger partial charge in [0.05, 0.1) is 17.8 Å². The van der Waals surface area contributed by atoms with E-state index >= 15 is 0 Å². The van der Waals surface area contributed by atoms with E-state index in [2.05, 4.69) is 15.7 Å². The number of aryl methyl sites for hydroxylation is 2. The van der Waals surface area contributed by atoms with E-state index in [1.165, 1.54) is 0 Å². The molecule has 1 aromatic heterocycles. The van der Waals surface area contributed by atoms with Gasteiger partial charge < -0.3 is 15.7 Å². The molecule has 2 amide bonds. The number of carboxylic acids is 1. The second-order valence-electron chi connectivity index (χ2n) is 4.70. The Morgan fingerprint density at radius 2 is 2.15 bits per heavy atom. The lowest BCUT2D eigenvalue weighted by Crippen LogP contribution is -2.39. The molecule has 0 aliphatic rings. The van der Waals surface area contributed by atoms with Crippen LogP contribution >= 0.6 is 0 Å². The maximum absolute atomic E-state index is 11.9. The molecule has 1 heterocycles. The fourth-order valence-electron chi connectivity index (χ4n) is 2.03. The topological polar surface area (TPSA) is 96.3 Å². The maximum atomic E-state index is 11.9. The summed E-state index contributed by atoms with van der Waals surface area (Å²) in [5, 5.41) is 18.4. The molecule has 0 spiro atoms. The number of hydrogen-bond donors (Lipinski definition) is 3. The number of aliphatic carboxylic acids is 1. The number of carboxylic acid groups (broad SMARTS) is 1. The molecule has 0 aliphatic heterocycles. The first kappa shape index (κ1) is 16.0. The van der Waals surface area contributed by atoms with Gasteiger partial charge in [-0.15, -0.1) is 0 Å². The number of rotatable bonds is 7. The van der Waals surface area contributed by atoms with Crippen molar-refractivity contribution in [1.82, 2.24) is 15.1 Å². The Balaban J connectivity index is 2.62. The standard InChI is InChI=1S/C13H22N4O3/c1-4-6-9(7-12(18)19)14-13(20)15-11-8-17(3)16-10(11)5-2/h8-9H,4-7H2,1-3H3,(H,18,19)(H2,14,15,20). The van der Waals surface area contributed by atoms with Gasteiger partial charge in [0, 0.05) is 19.3 Å². The molecule has 3 N–H and O–H groups in total. The fourth-order valence-corrected chi connectivity index (χ4v) is 2.03. The first-order valence-electron chi connectivity index (χ1n) is 6.78. The zero-order valence-electron chi connectivity index (χ0n) is 12.1. The Morgan fingerprint density at radius 1 is 1.45 bits per heavy atom. The van der Waals surface area contributed by atoms with Crippen molar-refractivity contribution in [3.05, 3.63) is 11.9 Å². The van der Waals surface area contributed by atoms with Gasteiger partial charge in [0.25, 0.3) is 0 Å². The van der Waals surface area contributed by atoms with Gasteiger partial charge in [-0.25, -0.2) is 4.79 Å². The summed E-state index contributed by atoms with van der Waals surface area (Å²) < 4.78 is 1.63. The minimum atomic E-state index is -0.917. The summed E-state index contributed by atoms with van der Waals surface area (Å²) in [6, 6.07) is -0.758. The molecule has 0 radical (unpaired) electrons. The Bertz CT molecular complexity index is 470. The summed E-state index contributed by atoms with van der Waals surface area (Å²) in [5.74, 6) is -0.917. The third-order valence-electron chi connectivity index (χ3n) is 2.88. The number of hydrogen-bond acceptors (Lipinski definition) is 3. The molecule has 112 valence electrons. The van der Waals surface area contributed by atoms with Gasteiger partial charge in [-0.1, -0.05) is 20.3 Å². The maximum Gasteiger partial charge on any atom is 0.319 e. The number of aromatic nitrogens is 2. The summed E-state index contributed by atoms with van der Waals surface area (Å²) in [5.41, 5.74) is 1.45. The van der Waals surface area contributed by atoms with Crippen molar-refractivity contribution in [1.29, 1.82) is 0 Å². The Hall–Kier alpha value is -2.05. The Labute approximate surface area is 118 Å². The number of urea groups is 1. The van der Waals surface area contributed by atoms with E-state index < -0.39 is 12.0 Å². The van der Waals surface area contributed by atoms with Gasteiger partial charge in [-0.3, -0.25) is 9.48 Å². The molecule has 0 aliphatic carbocycles. The van der Waals surface area contributed by atoms with Crippen molar-refractivity contribution in [2.24, 2.45) is 7.05 Å². The molecule has 1 aromatic rings. The van der Waals surface area contributed by atoms with Crippen LogP contribution in [0.4, 0.5) is 10.5 Å². The molecular formula is C13H22N4O3. The van der Waals surface area contributed by atoms with Crippen LogP contribution in [0.25, 0.3) is 0 Å². The van der Waals surface area contributed by atoms with E-state index in [4.69, 9.17) is 5.11 Å². The van der Waals surface area contributed by atoms with Crippen LogP contribution in [-0.4, -0.2) is 32.9 Å². The molecular weight excluding hydrogens is 260 g/mol. The van der Waals surface area contributed by atoms with Crippen LogP contribution in [0.15, 0.2) is 6.20 Å². The summed E-state index contributed by atoms with van der Waals surface area (Å²) in [6.45, 7) is 3.90. The van der Waals surface area contributed by atoms with Crippen LogP contribution in [0.3, 0.4) is 0 Å². The van der Waals surface area contributed by atoms with E-state index in [0.29, 0.717) is 18.5 Å². The fraction of sp³-hybridized carbons (Fsp3) is 0.615. The predicted molar refractivity (Wildman–Crippen MR) is 75.7 cm³/mol. The highest BCUT2D eigenvalue weighted by Gasteiger charge is 2.16. The highest BCUT2D eigenvalue weighted by Crippen LogP contribution is 2.13. The molecule has 1 unspecified atom stereocenters. The molecule has 0 bridgehead atoms. The van der Waals surface area contributed by atoms with Crippen LogP contribution in [-0.2, 0) is 18.3 Å². The normalized spacial score (nSPS) is 11.9. The SMILES string of the molecule is CCCC(CC(=O)O)NC(=O)Nc1cn(C)nc1CC. The minimum Gasteiger partial charge on any atom is -0.481 e. The van der Waals surface area contributed by atoms with Gasteiger partial charge in [0.1, 0.15) is 0 Å². The third kappa shape index (κ3) is 4.91. The first-order valence-corrected chi connectivity index (χ1v) is 6.78. The second kappa shape index (κ2) is 7.52. The van der Waals surface area contributed by atoms with Crippen molar-refractivity contribution in [2.75, 3.05) is 5.32 Å². The highest BCUT2D eigenvalue weighted by molar-refractivity contribution is 5.90. The Morgan fingerprint density at radius 3 is 2.70 bits per heavy atom. The zero-order valence-corrected chi connectivity index (χ0v) is 12.1. The van der Waals surface area contributed by atoms with E-state index in [9.17, 15) is 9.59 Å². The molecule has 0 aromatic carbocycles. The van der Waals surface area contributed by atoms with Gasteiger partial charge in [-0.2, -0.15) is 5.10 Å². The van der Waals surface area contributed by atoms with E-state index in [1.54, 1.807) is 17.9 Å². The van der Waals surface area contributed by atoms with Crippen molar-refractivity contribution in [3.63, 3.8) is 0 Å². The number of carbonyl (C=O) groups is 2. The summed E-state index contributed by atoms with van der Waals surface area (Å²) in [4.78, 5) is 22.6. The smallest absolute Gasteiger partial charge is 0.319 e. The molecule has 0 saturated carbocycles. The minimum absolute atomic E-state index is 0.0745. The van der Waals surface area contributed by atoms with Crippen molar-refractivity contribution >= 4 is 17.7 Å². The lowest BCUT2D eigenvalue weighted by atomic mass is 10.1. The van der Waals surface area contributed by atoms with Gasteiger partial charge in [0.15, 0.2) is 0 Å². The second-order valence-corrected chi connectivity index (χ2v) is 4.70. The molecule has 0 saturated heterocycles. The number of nitrogens with zero attached hydrogens (tertiary/aromatic N) is 2. The van der Waals surface area contributed by atoms with E-state index in [-0.39, 0.29) is 12.5 Å². The molecule has 7 nitrogen and oxygen atoms in total. The average molecular weight is 282 g/mol. The number of carbonyl (C=O) groups excluding carboxylic acids is 1. The van der Waals surface area contributed by atoms with E-state index in [0.717, 1.165) is 12.1 Å². The van der Waals surface area contributed by atoms with Crippen LogP contribution in [0, 0.1) is 0 Å². The van der Waals surface area contributed by atoms with Crippen LogP contribution in [0.2, 0.25) is 0 Å². The summed E-state index contributed by atoms with van der Waals surface area (Å²) >= 11 is 0. The zero-order chi connectivity index (χ0) is 15.1. The predicted octanol–water partition coefficient (Wildman–Crippen LogP) is 1.75. The lowest BCUT2D eigenvalue weighted by Gasteiger charge is -2.16. The highest BCUT2D eigenvalue weighted by atomic mass is 16.4. The van der Waals surface area contributed by atoms with Crippen molar-refractivity contribution < 1.29 is 14.7 Å². The van der Waals surface area contributed by atoms with Crippen LogP contribution in [0.1, 0.15) is 38.8 Å². The molecule has 1 rings (SSSR count). The monoisotopic (exact) mass is 282 g/mol. The number of nitrogens with one attached hydrogen (secondary N) is 2. The Kier molecular flexibility index (Phi) is 6.02. The van der Waals surface area contributed by atoms with Crippen LogP contribution < -0.4 is 10.6 Å². The van der Waals surface area contributed by atoms with Gasteiger partial charge in [0.2, 0.25) is 0 Å². The van der Waals surface area contributed by atoms with Crippen LogP contribution in [0.5, 0.6) is 0 Å². The first-order chi connectivity index (χ1) is 9.46. The molecule has 1 atom stereocenters. The largest absolute Gasteiger partial charge is 0.481 e. The quantitative estimate of drug-likeness (QED) is 0.709. The average Bonchev–Trinajstić information content (AvgIpc) is 2.68. The summed E-state index contributed by atoms with van der Waals surface area (Å²) in [6.07, 6.45) is 3.81. The number of anilines is 1. The van der Waals surface area contributed by atoms with E-state index in [1.807, 2.05) is 13.8 Å². The molecule has 20 heavy (non-hydrogen) atoms. The molecule has 7 heteroatoms.